The zero-order valence-electron chi connectivity index (χ0n) is 14.1. The largest absolute Gasteiger partial charge is 0.322 e. The quantitative estimate of drug-likeness (QED) is 0.722. The molecule has 2 amide bonds. The molecule has 3 aromatic carbocycles. The van der Waals surface area contributed by atoms with Gasteiger partial charge in [-0.05, 0) is 49.4 Å². The van der Waals surface area contributed by atoms with Gasteiger partial charge in [0.2, 0.25) is 0 Å². The van der Waals surface area contributed by atoms with E-state index in [2.05, 4.69) is 10.6 Å². The number of hydrogen-bond acceptors (Lipinski definition) is 2. The summed E-state index contributed by atoms with van der Waals surface area (Å²) in [6, 6.07) is 19.7. The van der Waals surface area contributed by atoms with Crippen molar-refractivity contribution in [3.05, 3.63) is 95.3 Å². The number of carbonyl (C=O) groups is 2. The Kier molecular flexibility index (Phi) is 5.08. The monoisotopic (exact) mass is 348 g/mol. The first-order chi connectivity index (χ1) is 12.5. The number of nitrogens with one attached hydrogen (secondary N) is 2. The molecule has 0 aromatic heterocycles. The summed E-state index contributed by atoms with van der Waals surface area (Å²) in [7, 11) is 0. The van der Waals surface area contributed by atoms with Crippen LogP contribution in [-0.4, -0.2) is 11.8 Å². The van der Waals surface area contributed by atoms with Crippen LogP contribution in [0.4, 0.5) is 15.8 Å². The van der Waals surface area contributed by atoms with Gasteiger partial charge in [0.05, 0.1) is 5.56 Å². The van der Waals surface area contributed by atoms with Crippen molar-refractivity contribution >= 4 is 23.2 Å². The molecule has 0 saturated carbocycles. The summed E-state index contributed by atoms with van der Waals surface area (Å²) in [4.78, 5) is 24.5. The second-order valence-electron chi connectivity index (χ2n) is 5.84. The molecule has 0 unspecified atom stereocenters. The van der Waals surface area contributed by atoms with E-state index in [1.165, 1.54) is 18.2 Å². The van der Waals surface area contributed by atoms with E-state index in [0.29, 0.717) is 16.9 Å². The molecule has 0 saturated heterocycles. The van der Waals surface area contributed by atoms with Crippen LogP contribution in [0.15, 0.2) is 72.8 Å². The van der Waals surface area contributed by atoms with Crippen molar-refractivity contribution in [2.24, 2.45) is 0 Å². The van der Waals surface area contributed by atoms with Crippen LogP contribution in [0, 0.1) is 12.7 Å². The highest BCUT2D eigenvalue weighted by molar-refractivity contribution is 6.06. The van der Waals surface area contributed by atoms with E-state index in [4.69, 9.17) is 0 Å². The standard InChI is InChI=1S/C21H17FN2O2/c1-14-6-4-7-15(12-14)20(25)23-16-8-5-9-17(13-16)24-21(26)18-10-2-3-11-19(18)22/h2-13H,1H3,(H,23,25)(H,24,26). The Hall–Kier alpha value is -3.47. The van der Waals surface area contributed by atoms with Crippen LogP contribution in [-0.2, 0) is 0 Å². The van der Waals surface area contributed by atoms with E-state index in [-0.39, 0.29) is 11.5 Å². The van der Waals surface area contributed by atoms with Gasteiger partial charge in [0.15, 0.2) is 0 Å². The second-order valence-corrected chi connectivity index (χ2v) is 5.84. The van der Waals surface area contributed by atoms with Crippen LogP contribution in [0.1, 0.15) is 26.3 Å². The molecule has 26 heavy (non-hydrogen) atoms. The first kappa shape index (κ1) is 17.4. The van der Waals surface area contributed by atoms with Crippen molar-refractivity contribution in [2.75, 3.05) is 10.6 Å². The van der Waals surface area contributed by atoms with Crippen molar-refractivity contribution in [3.63, 3.8) is 0 Å². The second kappa shape index (κ2) is 7.61. The fourth-order valence-electron chi connectivity index (χ4n) is 2.51. The first-order valence-corrected chi connectivity index (χ1v) is 8.07. The highest BCUT2D eigenvalue weighted by Crippen LogP contribution is 2.18. The van der Waals surface area contributed by atoms with Crippen LogP contribution in [0.2, 0.25) is 0 Å². The van der Waals surface area contributed by atoms with E-state index in [1.807, 2.05) is 19.1 Å². The highest BCUT2D eigenvalue weighted by atomic mass is 19.1. The predicted octanol–water partition coefficient (Wildman–Crippen LogP) is 4.64. The Morgan fingerprint density at radius 1 is 0.769 bits per heavy atom. The number of amides is 2. The minimum absolute atomic E-state index is 0.0401. The SMILES string of the molecule is Cc1cccc(C(=O)Nc2cccc(NC(=O)c3ccccc3F)c2)c1. The van der Waals surface area contributed by atoms with E-state index in [9.17, 15) is 14.0 Å². The van der Waals surface area contributed by atoms with Crippen molar-refractivity contribution in [1.29, 1.82) is 0 Å². The van der Waals surface area contributed by atoms with Crippen molar-refractivity contribution in [3.8, 4) is 0 Å². The smallest absolute Gasteiger partial charge is 0.258 e. The lowest BCUT2D eigenvalue weighted by Crippen LogP contribution is -2.15. The number of hydrogen-bond donors (Lipinski definition) is 2. The molecule has 0 bridgehead atoms. The topological polar surface area (TPSA) is 58.2 Å². The molecule has 130 valence electrons. The molecule has 0 spiro atoms. The fraction of sp³-hybridized carbons (Fsp3) is 0.0476. The highest BCUT2D eigenvalue weighted by Gasteiger charge is 2.12. The molecular weight excluding hydrogens is 331 g/mol. The average Bonchev–Trinajstić information content (AvgIpc) is 2.62. The Balaban J connectivity index is 1.73. The summed E-state index contributed by atoms with van der Waals surface area (Å²) in [6.07, 6.45) is 0. The molecule has 0 atom stereocenters. The molecule has 0 aliphatic carbocycles. The zero-order chi connectivity index (χ0) is 18.5. The molecule has 0 aliphatic rings. The summed E-state index contributed by atoms with van der Waals surface area (Å²) >= 11 is 0. The average molecular weight is 348 g/mol. The fourth-order valence-corrected chi connectivity index (χ4v) is 2.51. The van der Waals surface area contributed by atoms with Crippen molar-refractivity contribution in [1.82, 2.24) is 0 Å². The number of rotatable bonds is 4. The minimum Gasteiger partial charge on any atom is -0.322 e. The van der Waals surface area contributed by atoms with Gasteiger partial charge in [-0.15, -0.1) is 0 Å². The zero-order valence-corrected chi connectivity index (χ0v) is 14.1. The van der Waals surface area contributed by atoms with E-state index in [1.54, 1.807) is 42.5 Å². The molecule has 3 rings (SSSR count). The number of anilines is 2. The summed E-state index contributed by atoms with van der Waals surface area (Å²) in [6.45, 7) is 1.91. The summed E-state index contributed by atoms with van der Waals surface area (Å²) in [5, 5.41) is 5.42. The maximum atomic E-state index is 13.7. The third kappa shape index (κ3) is 4.13. The van der Waals surface area contributed by atoms with Crippen LogP contribution < -0.4 is 10.6 Å². The van der Waals surface area contributed by atoms with E-state index in [0.717, 1.165) is 5.56 Å². The van der Waals surface area contributed by atoms with Gasteiger partial charge in [0.1, 0.15) is 5.82 Å². The van der Waals surface area contributed by atoms with Gasteiger partial charge in [0.25, 0.3) is 11.8 Å². The molecule has 0 aliphatic heterocycles. The summed E-state index contributed by atoms with van der Waals surface area (Å²) in [5.41, 5.74) is 2.49. The van der Waals surface area contributed by atoms with Crippen LogP contribution in [0.25, 0.3) is 0 Å². The number of aryl methyl sites for hydroxylation is 1. The van der Waals surface area contributed by atoms with E-state index >= 15 is 0 Å². The predicted molar refractivity (Wildman–Crippen MR) is 99.9 cm³/mol. The summed E-state index contributed by atoms with van der Waals surface area (Å²) in [5.74, 6) is -1.38. The maximum absolute atomic E-state index is 13.7. The molecule has 2 N–H and O–H groups in total. The first-order valence-electron chi connectivity index (χ1n) is 8.07. The van der Waals surface area contributed by atoms with Crippen molar-refractivity contribution < 1.29 is 14.0 Å². The van der Waals surface area contributed by atoms with Gasteiger partial charge in [-0.25, -0.2) is 4.39 Å². The van der Waals surface area contributed by atoms with Gasteiger partial charge < -0.3 is 10.6 Å². The van der Waals surface area contributed by atoms with Gasteiger partial charge in [0, 0.05) is 16.9 Å². The van der Waals surface area contributed by atoms with Gasteiger partial charge in [-0.3, -0.25) is 9.59 Å². The molecule has 4 nitrogen and oxygen atoms in total. The van der Waals surface area contributed by atoms with Gasteiger partial charge in [-0.1, -0.05) is 35.9 Å². The third-order valence-electron chi connectivity index (χ3n) is 3.78. The maximum Gasteiger partial charge on any atom is 0.258 e. The Labute approximate surface area is 150 Å². The Morgan fingerprint density at radius 3 is 2.12 bits per heavy atom. The lowest BCUT2D eigenvalue weighted by Gasteiger charge is -2.10. The molecule has 0 fully saturated rings. The van der Waals surface area contributed by atoms with Crippen molar-refractivity contribution in [2.45, 2.75) is 6.92 Å². The minimum atomic E-state index is -0.589. The molecule has 0 heterocycles. The Bertz CT molecular complexity index is 969. The molecule has 3 aromatic rings. The number of benzene rings is 3. The number of halogens is 1. The molecule has 5 heteroatoms. The molecule has 0 radical (unpaired) electrons. The normalized spacial score (nSPS) is 10.2. The van der Waals surface area contributed by atoms with E-state index < -0.39 is 11.7 Å². The van der Waals surface area contributed by atoms with Gasteiger partial charge in [-0.2, -0.15) is 0 Å². The lowest BCUT2D eigenvalue weighted by molar-refractivity contribution is 0.101. The summed E-state index contributed by atoms with van der Waals surface area (Å²) < 4.78 is 13.7. The van der Waals surface area contributed by atoms with Crippen LogP contribution in [0.5, 0.6) is 0 Å². The van der Waals surface area contributed by atoms with Gasteiger partial charge >= 0.3 is 0 Å². The lowest BCUT2D eigenvalue weighted by atomic mass is 10.1. The molecular formula is C21H17FN2O2. The Morgan fingerprint density at radius 2 is 1.42 bits per heavy atom. The third-order valence-corrected chi connectivity index (χ3v) is 3.78. The van der Waals surface area contributed by atoms with Crippen LogP contribution >= 0.6 is 0 Å². The number of carbonyl (C=O) groups excluding carboxylic acids is 2. The van der Waals surface area contributed by atoms with Crippen LogP contribution in [0.3, 0.4) is 0 Å².